The predicted octanol–water partition coefficient (Wildman–Crippen LogP) is 1.39. The number of nitrogens with zero attached hydrogens (tertiary/aromatic N) is 1. The molecule has 0 atom stereocenters. The van der Waals surface area contributed by atoms with Crippen LogP contribution in [0.25, 0.3) is 0 Å². The summed E-state index contributed by atoms with van der Waals surface area (Å²) in [6, 6.07) is 3.85. The van der Waals surface area contributed by atoms with Gasteiger partial charge in [-0.25, -0.2) is 4.39 Å². The van der Waals surface area contributed by atoms with Gasteiger partial charge >= 0.3 is 0 Å². The zero-order valence-electron chi connectivity index (χ0n) is 9.36. The molecule has 0 aromatic heterocycles. The van der Waals surface area contributed by atoms with E-state index < -0.39 is 11.7 Å². The van der Waals surface area contributed by atoms with Gasteiger partial charge in [-0.15, -0.1) is 0 Å². The quantitative estimate of drug-likeness (QED) is 0.805. The Morgan fingerprint density at radius 2 is 2.18 bits per heavy atom. The van der Waals surface area contributed by atoms with Crippen LogP contribution >= 0.6 is 0 Å². The molecule has 4 nitrogen and oxygen atoms in total. The number of phenolic OH excluding ortho intramolecular Hbond substituents is 1. The Morgan fingerprint density at radius 1 is 1.35 bits per heavy atom. The zero-order chi connectivity index (χ0) is 12.3. The molecule has 0 spiro atoms. The van der Waals surface area contributed by atoms with Crippen LogP contribution in [0, 0.1) is 5.82 Å². The molecule has 1 heterocycles. The third-order valence-electron chi connectivity index (χ3n) is 2.71. The summed E-state index contributed by atoms with van der Waals surface area (Å²) in [7, 11) is 0. The maximum atomic E-state index is 13.5. The number of benzene rings is 1. The number of phenols is 1. The van der Waals surface area contributed by atoms with Crippen LogP contribution in [-0.2, 0) is 4.74 Å². The number of ether oxygens (including phenoxy) is 1. The molecule has 0 unspecified atom stereocenters. The van der Waals surface area contributed by atoms with Gasteiger partial charge in [-0.1, -0.05) is 6.07 Å². The first-order chi connectivity index (χ1) is 8.20. The van der Waals surface area contributed by atoms with Crippen LogP contribution in [0.5, 0.6) is 5.75 Å². The van der Waals surface area contributed by atoms with E-state index in [4.69, 9.17) is 4.74 Å². The van der Waals surface area contributed by atoms with Gasteiger partial charge in [0.05, 0.1) is 6.61 Å². The van der Waals surface area contributed by atoms with Crippen LogP contribution < -0.4 is 0 Å². The summed E-state index contributed by atoms with van der Waals surface area (Å²) in [6.45, 7) is 1.99. The van der Waals surface area contributed by atoms with E-state index in [1.54, 1.807) is 0 Å². The molecule has 5 heteroatoms. The highest BCUT2D eigenvalue weighted by Crippen LogP contribution is 2.22. The second-order valence-corrected chi connectivity index (χ2v) is 3.89. The molecule has 2 rings (SSSR count). The lowest BCUT2D eigenvalue weighted by atomic mass is 10.1. The van der Waals surface area contributed by atoms with E-state index in [0.29, 0.717) is 26.3 Å². The van der Waals surface area contributed by atoms with Crippen LogP contribution in [0.1, 0.15) is 16.8 Å². The Morgan fingerprint density at radius 3 is 2.94 bits per heavy atom. The number of carbonyl (C=O) groups excluding carboxylic acids is 1. The minimum Gasteiger partial charge on any atom is -0.507 e. The fourth-order valence-electron chi connectivity index (χ4n) is 1.83. The van der Waals surface area contributed by atoms with Gasteiger partial charge in [0.2, 0.25) is 0 Å². The molecule has 17 heavy (non-hydrogen) atoms. The Labute approximate surface area is 98.6 Å². The molecule has 1 amide bonds. The maximum absolute atomic E-state index is 13.5. The number of amides is 1. The third kappa shape index (κ3) is 2.55. The van der Waals surface area contributed by atoms with Crippen molar-refractivity contribution < 1.29 is 19.0 Å². The molecule has 92 valence electrons. The summed E-state index contributed by atoms with van der Waals surface area (Å²) < 4.78 is 18.7. The fourth-order valence-corrected chi connectivity index (χ4v) is 1.83. The Bertz CT molecular complexity index is 394. The number of hydrogen-bond acceptors (Lipinski definition) is 3. The van der Waals surface area contributed by atoms with Crippen LogP contribution in [0.3, 0.4) is 0 Å². The van der Waals surface area contributed by atoms with Crippen LogP contribution in [0.2, 0.25) is 0 Å². The average molecular weight is 239 g/mol. The van der Waals surface area contributed by atoms with E-state index in [0.717, 1.165) is 6.42 Å². The smallest absolute Gasteiger partial charge is 0.260 e. The van der Waals surface area contributed by atoms with E-state index >= 15 is 0 Å². The highest BCUT2D eigenvalue weighted by atomic mass is 19.1. The van der Waals surface area contributed by atoms with E-state index in [1.165, 1.54) is 23.1 Å². The second-order valence-electron chi connectivity index (χ2n) is 3.89. The summed E-state index contributed by atoms with van der Waals surface area (Å²) >= 11 is 0. The SMILES string of the molecule is O=C(c1c(O)cccc1F)N1CCCOCC1. The minimum atomic E-state index is -0.694. The van der Waals surface area contributed by atoms with Crippen molar-refractivity contribution in [2.45, 2.75) is 6.42 Å². The molecule has 0 radical (unpaired) electrons. The highest BCUT2D eigenvalue weighted by Gasteiger charge is 2.23. The first-order valence-corrected chi connectivity index (χ1v) is 5.54. The molecule has 1 N–H and O–H groups in total. The van der Waals surface area contributed by atoms with Gasteiger partial charge in [0.1, 0.15) is 17.1 Å². The van der Waals surface area contributed by atoms with Crippen LogP contribution in [0.15, 0.2) is 18.2 Å². The standard InChI is InChI=1S/C12H14FNO3/c13-9-3-1-4-10(15)11(9)12(16)14-5-2-7-17-8-6-14/h1,3-4,15H,2,5-8H2. The Hall–Kier alpha value is -1.62. The third-order valence-corrected chi connectivity index (χ3v) is 2.71. The summed E-state index contributed by atoms with van der Waals surface area (Å²) in [4.78, 5) is 13.6. The largest absolute Gasteiger partial charge is 0.507 e. The van der Waals surface area contributed by atoms with Gasteiger partial charge in [0.25, 0.3) is 5.91 Å². The topological polar surface area (TPSA) is 49.8 Å². The molecular weight excluding hydrogens is 225 g/mol. The van der Waals surface area contributed by atoms with Crippen molar-refractivity contribution >= 4 is 5.91 Å². The van der Waals surface area contributed by atoms with E-state index in [9.17, 15) is 14.3 Å². The number of halogens is 1. The van der Waals surface area contributed by atoms with Crippen molar-refractivity contribution in [3.8, 4) is 5.75 Å². The lowest BCUT2D eigenvalue weighted by Gasteiger charge is -2.20. The lowest BCUT2D eigenvalue weighted by Crippen LogP contribution is -2.33. The monoisotopic (exact) mass is 239 g/mol. The first-order valence-electron chi connectivity index (χ1n) is 5.54. The second kappa shape index (κ2) is 5.14. The number of aromatic hydroxyl groups is 1. The van der Waals surface area contributed by atoms with Gasteiger partial charge < -0.3 is 14.7 Å². The zero-order valence-corrected chi connectivity index (χ0v) is 9.36. The summed E-state index contributed by atoms with van der Waals surface area (Å²) in [6.07, 6.45) is 0.723. The lowest BCUT2D eigenvalue weighted by molar-refractivity contribution is 0.0733. The van der Waals surface area contributed by atoms with Crippen molar-refractivity contribution in [3.63, 3.8) is 0 Å². The highest BCUT2D eigenvalue weighted by molar-refractivity contribution is 5.97. The molecule has 0 aliphatic carbocycles. The van der Waals surface area contributed by atoms with Gasteiger partial charge in [-0.2, -0.15) is 0 Å². The molecule has 1 aromatic carbocycles. The molecule has 0 saturated carbocycles. The number of carbonyl (C=O) groups is 1. The van der Waals surface area contributed by atoms with Crippen molar-refractivity contribution in [2.24, 2.45) is 0 Å². The van der Waals surface area contributed by atoms with Gasteiger partial charge in [-0.05, 0) is 18.6 Å². The molecule has 1 aliphatic heterocycles. The van der Waals surface area contributed by atoms with Crippen molar-refractivity contribution in [1.82, 2.24) is 4.90 Å². The van der Waals surface area contributed by atoms with Crippen LogP contribution in [-0.4, -0.2) is 42.2 Å². The molecule has 1 saturated heterocycles. The fraction of sp³-hybridized carbons (Fsp3) is 0.417. The molecule has 1 aliphatic rings. The van der Waals surface area contributed by atoms with Gasteiger partial charge in [0.15, 0.2) is 0 Å². The van der Waals surface area contributed by atoms with E-state index in [2.05, 4.69) is 0 Å². The Balaban J connectivity index is 2.23. The van der Waals surface area contributed by atoms with Crippen molar-refractivity contribution in [3.05, 3.63) is 29.6 Å². The predicted molar refractivity (Wildman–Crippen MR) is 59.4 cm³/mol. The average Bonchev–Trinajstić information content (AvgIpc) is 2.57. The molecular formula is C12H14FNO3. The maximum Gasteiger partial charge on any atom is 0.260 e. The molecule has 1 fully saturated rings. The normalized spacial score (nSPS) is 16.6. The van der Waals surface area contributed by atoms with Gasteiger partial charge in [0, 0.05) is 19.7 Å². The molecule has 0 bridgehead atoms. The Kier molecular flexibility index (Phi) is 3.58. The van der Waals surface area contributed by atoms with E-state index in [-0.39, 0.29) is 11.3 Å². The minimum absolute atomic E-state index is 0.255. The summed E-state index contributed by atoms with van der Waals surface area (Å²) in [5.74, 6) is -1.49. The number of rotatable bonds is 1. The molecule has 1 aromatic rings. The van der Waals surface area contributed by atoms with Crippen molar-refractivity contribution in [1.29, 1.82) is 0 Å². The van der Waals surface area contributed by atoms with Gasteiger partial charge in [-0.3, -0.25) is 4.79 Å². The van der Waals surface area contributed by atoms with E-state index in [1.807, 2.05) is 0 Å². The summed E-state index contributed by atoms with van der Waals surface area (Å²) in [5, 5.41) is 9.54. The first kappa shape index (κ1) is 11.9. The number of hydrogen-bond donors (Lipinski definition) is 1. The van der Waals surface area contributed by atoms with Crippen LogP contribution in [0.4, 0.5) is 4.39 Å². The summed E-state index contributed by atoms with van der Waals surface area (Å²) in [5.41, 5.74) is -0.255. The van der Waals surface area contributed by atoms with Crippen molar-refractivity contribution in [2.75, 3.05) is 26.3 Å².